The third kappa shape index (κ3) is 2.56. The van der Waals surface area contributed by atoms with Gasteiger partial charge in [-0.15, -0.1) is 0 Å². The number of amides is 2. The molecule has 3 fully saturated rings. The van der Waals surface area contributed by atoms with E-state index >= 15 is 0 Å². The fraction of sp³-hybridized carbons (Fsp3) is 0.500. The number of carbonyl (C=O) groups is 2. The van der Waals surface area contributed by atoms with Crippen LogP contribution < -0.4 is 0 Å². The lowest BCUT2D eigenvalue weighted by Crippen LogP contribution is -2.52. The number of carbonyl (C=O) groups excluding carboxylic acids is 2. The maximum Gasteiger partial charge on any atom is 0.233 e. The smallest absolute Gasteiger partial charge is 0.233 e. The van der Waals surface area contributed by atoms with Crippen LogP contribution in [0.1, 0.15) is 44.8 Å². The highest BCUT2D eigenvalue weighted by atomic mass is 16.6. The number of ether oxygens (including phenoxy) is 1. The van der Waals surface area contributed by atoms with Gasteiger partial charge in [-0.1, -0.05) is 44.2 Å². The fourth-order valence-corrected chi connectivity index (χ4v) is 5.93. The van der Waals surface area contributed by atoms with Crippen LogP contribution in [0, 0.1) is 23.7 Å². The number of likely N-dealkylation sites (tertiary alicyclic amines) is 1. The number of fused-ring (bicyclic) bond motifs is 4. The zero-order valence-electron chi connectivity index (χ0n) is 17.2. The van der Waals surface area contributed by atoms with E-state index in [0.717, 1.165) is 22.8 Å². The Morgan fingerprint density at radius 1 is 1.10 bits per heavy atom. The molecule has 2 aliphatic heterocycles. The van der Waals surface area contributed by atoms with Gasteiger partial charge in [0.1, 0.15) is 5.75 Å². The van der Waals surface area contributed by atoms with E-state index in [1.807, 2.05) is 44.2 Å². The van der Waals surface area contributed by atoms with Crippen molar-refractivity contribution in [3.63, 3.8) is 0 Å². The number of benzene rings is 2. The first-order valence-corrected chi connectivity index (χ1v) is 10.8. The van der Waals surface area contributed by atoms with Gasteiger partial charge < -0.3 is 14.9 Å². The van der Waals surface area contributed by atoms with Crippen LogP contribution in [0.5, 0.6) is 5.75 Å². The molecule has 2 amide bonds. The van der Waals surface area contributed by atoms with E-state index in [-0.39, 0.29) is 29.4 Å². The average molecular weight is 409 g/mol. The molecule has 30 heavy (non-hydrogen) atoms. The van der Waals surface area contributed by atoms with Gasteiger partial charge in [0.05, 0.1) is 17.9 Å². The molecule has 1 aliphatic carbocycles. The number of phenolic OH excluding ortho intramolecular Hbond substituents is 1. The molecule has 158 valence electrons. The summed E-state index contributed by atoms with van der Waals surface area (Å²) in [6.07, 6.45) is 1.23. The molecule has 2 saturated heterocycles. The molecular weight excluding hydrogens is 382 g/mol. The quantitative estimate of drug-likeness (QED) is 0.759. The summed E-state index contributed by atoms with van der Waals surface area (Å²) in [4.78, 5) is 27.4. The summed E-state index contributed by atoms with van der Waals surface area (Å²) in [5, 5.41) is 23.4. The second-order valence-corrected chi connectivity index (χ2v) is 9.02. The summed E-state index contributed by atoms with van der Waals surface area (Å²) >= 11 is 0. The van der Waals surface area contributed by atoms with E-state index in [9.17, 15) is 19.8 Å². The highest BCUT2D eigenvalue weighted by molar-refractivity contribution is 6.05. The lowest BCUT2D eigenvalue weighted by atomic mass is 9.65. The molecule has 0 unspecified atom stereocenters. The molecule has 6 nitrogen and oxygen atoms in total. The fourth-order valence-electron chi connectivity index (χ4n) is 5.93. The van der Waals surface area contributed by atoms with Crippen LogP contribution in [-0.4, -0.2) is 39.3 Å². The Morgan fingerprint density at radius 3 is 2.57 bits per heavy atom. The van der Waals surface area contributed by atoms with Gasteiger partial charge in [-0.3, -0.25) is 14.5 Å². The Bertz CT molecular complexity index is 1040. The van der Waals surface area contributed by atoms with Crippen molar-refractivity contribution in [1.82, 2.24) is 4.90 Å². The monoisotopic (exact) mass is 409 g/mol. The molecule has 6 heteroatoms. The van der Waals surface area contributed by atoms with E-state index < -0.39 is 23.7 Å². The van der Waals surface area contributed by atoms with E-state index in [0.29, 0.717) is 19.4 Å². The van der Waals surface area contributed by atoms with Crippen molar-refractivity contribution in [1.29, 1.82) is 0 Å². The maximum absolute atomic E-state index is 13.1. The summed E-state index contributed by atoms with van der Waals surface area (Å²) in [7, 11) is 0. The summed E-state index contributed by atoms with van der Waals surface area (Å²) in [6, 6.07) is 11.0. The topological polar surface area (TPSA) is 87.1 Å². The summed E-state index contributed by atoms with van der Waals surface area (Å²) < 4.78 is 6.28. The Balaban J connectivity index is 1.54. The van der Waals surface area contributed by atoms with Crippen molar-refractivity contribution in [3.8, 4) is 5.75 Å². The molecule has 0 aromatic heterocycles. The predicted octanol–water partition coefficient (Wildman–Crippen LogP) is 3.36. The number of imide groups is 1. The number of hydrogen-bond donors (Lipinski definition) is 2. The van der Waals surface area contributed by atoms with Crippen molar-refractivity contribution in [2.24, 2.45) is 23.7 Å². The van der Waals surface area contributed by atoms with E-state index in [2.05, 4.69) is 0 Å². The van der Waals surface area contributed by atoms with Gasteiger partial charge >= 0.3 is 0 Å². The molecule has 3 aliphatic rings. The summed E-state index contributed by atoms with van der Waals surface area (Å²) in [5.74, 6) is -3.09. The molecule has 2 heterocycles. The molecule has 0 bridgehead atoms. The average Bonchev–Trinajstić information content (AvgIpc) is 3.20. The van der Waals surface area contributed by atoms with Gasteiger partial charge in [0.15, 0.2) is 5.79 Å². The van der Waals surface area contributed by atoms with Gasteiger partial charge in [0.25, 0.3) is 0 Å². The highest BCUT2D eigenvalue weighted by Crippen LogP contribution is 2.58. The van der Waals surface area contributed by atoms with E-state index in [1.165, 1.54) is 4.90 Å². The molecular formula is C24H27NO5. The summed E-state index contributed by atoms with van der Waals surface area (Å²) in [5.41, 5.74) is 0.886. The third-order valence-corrected chi connectivity index (χ3v) is 7.37. The lowest BCUT2D eigenvalue weighted by Gasteiger charge is -2.43. The first kappa shape index (κ1) is 19.5. The van der Waals surface area contributed by atoms with Crippen molar-refractivity contribution in [2.75, 3.05) is 6.54 Å². The standard InChI is InChI=1S/C24H27NO5/c1-3-10-25-22(27)17-11-13(2)24(29)18(21(17)23(25)28)12-20(30-24)16-8-9-19(26)15-7-5-4-6-14(15)16/h4-9,13,17-18,20-21,26,29H,3,10-12H2,1-2H3/t13-,17-,18-,20-,21-,24+/m0/s1. The van der Waals surface area contributed by atoms with Crippen LogP contribution in [0.15, 0.2) is 36.4 Å². The molecule has 0 spiro atoms. The number of aromatic hydroxyl groups is 1. The van der Waals surface area contributed by atoms with Gasteiger partial charge in [-0.05, 0) is 36.3 Å². The van der Waals surface area contributed by atoms with Crippen LogP contribution in [-0.2, 0) is 14.3 Å². The van der Waals surface area contributed by atoms with Crippen LogP contribution in [0.2, 0.25) is 0 Å². The minimum absolute atomic E-state index is 0.0979. The van der Waals surface area contributed by atoms with Crippen LogP contribution in [0.4, 0.5) is 0 Å². The van der Waals surface area contributed by atoms with Gasteiger partial charge in [-0.25, -0.2) is 0 Å². The zero-order chi connectivity index (χ0) is 21.2. The molecule has 6 atom stereocenters. The second-order valence-electron chi connectivity index (χ2n) is 9.02. The number of phenols is 1. The molecule has 5 rings (SSSR count). The number of hydrogen-bond acceptors (Lipinski definition) is 5. The third-order valence-electron chi connectivity index (χ3n) is 7.37. The molecule has 0 radical (unpaired) electrons. The number of nitrogens with zero attached hydrogens (tertiary/aromatic N) is 1. The first-order valence-electron chi connectivity index (χ1n) is 10.8. The SMILES string of the molecule is CCCN1C(=O)[C@H]2[C@H](C[C@H](C)[C@@]3(O)O[C@H](c4ccc(O)c5ccccc45)C[C@@H]23)C1=O. The first-order chi connectivity index (χ1) is 14.4. The second kappa shape index (κ2) is 6.79. The van der Waals surface area contributed by atoms with Crippen molar-refractivity contribution < 1.29 is 24.5 Å². The predicted molar refractivity (Wildman–Crippen MR) is 110 cm³/mol. The van der Waals surface area contributed by atoms with Crippen LogP contribution >= 0.6 is 0 Å². The van der Waals surface area contributed by atoms with Gasteiger partial charge in [0.2, 0.25) is 11.8 Å². The van der Waals surface area contributed by atoms with Crippen LogP contribution in [0.3, 0.4) is 0 Å². The molecule has 2 aromatic carbocycles. The van der Waals surface area contributed by atoms with Crippen molar-refractivity contribution in [2.45, 2.75) is 45.0 Å². The maximum atomic E-state index is 13.1. The Morgan fingerprint density at radius 2 is 1.83 bits per heavy atom. The largest absolute Gasteiger partial charge is 0.507 e. The van der Waals surface area contributed by atoms with Gasteiger partial charge in [0, 0.05) is 23.8 Å². The van der Waals surface area contributed by atoms with Crippen LogP contribution in [0.25, 0.3) is 10.8 Å². The highest BCUT2D eigenvalue weighted by Gasteiger charge is 2.65. The minimum Gasteiger partial charge on any atom is -0.507 e. The van der Waals surface area contributed by atoms with E-state index in [1.54, 1.807) is 6.07 Å². The van der Waals surface area contributed by atoms with Crippen molar-refractivity contribution in [3.05, 3.63) is 42.0 Å². The normalized spacial score (nSPS) is 35.7. The number of aliphatic hydroxyl groups is 1. The van der Waals surface area contributed by atoms with Gasteiger partial charge in [-0.2, -0.15) is 0 Å². The molecule has 2 N–H and O–H groups in total. The lowest BCUT2D eigenvalue weighted by molar-refractivity contribution is -0.265. The Kier molecular flexibility index (Phi) is 4.42. The Labute approximate surface area is 175 Å². The molecule has 2 aromatic rings. The molecule has 1 saturated carbocycles. The Hall–Kier alpha value is -2.44. The summed E-state index contributed by atoms with van der Waals surface area (Å²) in [6.45, 7) is 4.28. The number of rotatable bonds is 3. The van der Waals surface area contributed by atoms with Crippen molar-refractivity contribution >= 4 is 22.6 Å². The van der Waals surface area contributed by atoms with E-state index in [4.69, 9.17) is 4.74 Å². The zero-order valence-corrected chi connectivity index (χ0v) is 17.2. The minimum atomic E-state index is -1.44.